The number of hydrogen-bond acceptors (Lipinski definition) is 4. The lowest BCUT2D eigenvalue weighted by Gasteiger charge is -2.25. The molecule has 0 bridgehead atoms. The van der Waals surface area contributed by atoms with Gasteiger partial charge < -0.3 is 9.88 Å². The topological polar surface area (TPSA) is 74.8 Å². The second kappa shape index (κ2) is 5.64. The minimum absolute atomic E-state index is 0.0976. The van der Waals surface area contributed by atoms with Crippen LogP contribution in [0.4, 0.5) is 0 Å². The van der Waals surface area contributed by atoms with Crippen LogP contribution in [0.1, 0.15) is 21.9 Å². The number of amides is 1. The molecule has 0 atom stereocenters. The number of nitrogens with zero attached hydrogens (tertiary/aromatic N) is 4. The highest BCUT2D eigenvalue weighted by atomic mass is 16.2. The number of nitrogens with one attached hydrogen (secondary N) is 1. The number of fused-ring (bicyclic) bond motifs is 1. The monoisotopic (exact) mass is 305 g/mol. The van der Waals surface area contributed by atoms with Crippen LogP contribution in [0.3, 0.4) is 0 Å². The molecule has 6 heteroatoms. The first kappa shape index (κ1) is 13.6. The first-order valence-corrected chi connectivity index (χ1v) is 7.50. The number of aromatic amines is 1. The SMILES string of the molecule is O=C(c1cnccn1)N1CCc2nc(-c3ccccc3)[nH]c2C1. The molecule has 1 amide bonds. The van der Waals surface area contributed by atoms with Crippen molar-refractivity contribution in [2.45, 2.75) is 13.0 Å². The van der Waals surface area contributed by atoms with E-state index in [0.29, 0.717) is 18.8 Å². The predicted octanol–water partition coefficient (Wildman–Crippen LogP) is 2.07. The second-order valence-electron chi connectivity index (χ2n) is 5.44. The summed E-state index contributed by atoms with van der Waals surface area (Å²) in [6.45, 7) is 1.16. The third kappa shape index (κ3) is 2.59. The zero-order chi connectivity index (χ0) is 15.6. The van der Waals surface area contributed by atoms with Crippen LogP contribution in [0, 0.1) is 0 Å². The zero-order valence-electron chi connectivity index (χ0n) is 12.4. The number of rotatable bonds is 2. The minimum Gasteiger partial charge on any atom is -0.340 e. The molecule has 3 heterocycles. The van der Waals surface area contributed by atoms with Gasteiger partial charge in [-0.1, -0.05) is 30.3 Å². The smallest absolute Gasteiger partial charge is 0.274 e. The molecule has 0 saturated heterocycles. The summed E-state index contributed by atoms with van der Waals surface area (Å²) in [4.78, 5) is 30.3. The van der Waals surface area contributed by atoms with E-state index in [2.05, 4.69) is 19.9 Å². The fourth-order valence-corrected chi connectivity index (χ4v) is 2.77. The molecule has 114 valence electrons. The highest BCUT2D eigenvalue weighted by Crippen LogP contribution is 2.23. The Bertz CT molecular complexity index is 829. The number of aromatic nitrogens is 4. The van der Waals surface area contributed by atoms with E-state index in [1.165, 1.54) is 12.4 Å². The van der Waals surface area contributed by atoms with E-state index < -0.39 is 0 Å². The fourth-order valence-electron chi connectivity index (χ4n) is 2.77. The van der Waals surface area contributed by atoms with Gasteiger partial charge in [0, 0.05) is 30.9 Å². The highest BCUT2D eigenvalue weighted by Gasteiger charge is 2.25. The van der Waals surface area contributed by atoms with E-state index in [0.717, 1.165) is 29.2 Å². The minimum atomic E-state index is -0.0976. The van der Waals surface area contributed by atoms with Crippen molar-refractivity contribution in [2.24, 2.45) is 0 Å². The maximum atomic E-state index is 12.5. The third-order valence-corrected chi connectivity index (χ3v) is 3.95. The van der Waals surface area contributed by atoms with Crippen molar-refractivity contribution in [3.63, 3.8) is 0 Å². The highest BCUT2D eigenvalue weighted by molar-refractivity contribution is 5.92. The zero-order valence-corrected chi connectivity index (χ0v) is 12.4. The van der Waals surface area contributed by atoms with Gasteiger partial charge in [0.1, 0.15) is 11.5 Å². The van der Waals surface area contributed by atoms with Crippen LogP contribution < -0.4 is 0 Å². The first-order valence-electron chi connectivity index (χ1n) is 7.50. The lowest BCUT2D eigenvalue weighted by molar-refractivity contribution is 0.0725. The molecule has 2 aromatic heterocycles. The van der Waals surface area contributed by atoms with Gasteiger partial charge in [0.2, 0.25) is 0 Å². The Balaban J connectivity index is 1.58. The molecule has 1 N–H and O–H groups in total. The van der Waals surface area contributed by atoms with Gasteiger partial charge in [-0.2, -0.15) is 0 Å². The standard InChI is InChI=1S/C17H15N5O/c23-17(14-10-18-7-8-19-14)22-9-6-13-15(11-22)21-16(20-13)12-4-2-1-3-5-12/h1-5,7-8,10H,6,9,11H2,(H,20,21). The number of benzene rings is 1. The summed E-state index contributed by atoms with van der Waals surface area (Å²) in [6, 6.07) is 9.99. The van der Waals surface area contributed by atoms with Crippen molar-refractivity contribution in [1.82, 2.24) is 24.8 Å². The molecule has 0 fully saturated rings. The Labute approximate surface area is 133 Å². The maximum Gasteiger partial charge on any atom is 0.274 e. The molecule has 1 aliphatic rings. The number of imidazole rings is 1. The van der Waals surface area contributed by atoms with E-state index >= 15 is 0 Å². The second-order valence-corrected chi connectivity index (χ2v) is 5.44. The predicted molar refractivity (Wildman–Crippen MR) is 84.5 cm³/mol. The molecule has 0 saturated carbocycles. The molecule has 0 aliphatic carbocycles. The van der Waals surface area contributed by atoms with Crippen molar-refractivity contribution in [3.8, 4) is 11.4 Å². The summed E-state index contributed by atoms with van der Waals surface area (Å²) < 4.78 is 0. The summed E-state index contributed by atoms with van der Waals surface area (Å²) in [5.41, 5.74) is 3.45. The van der Waals surface area contributed by atoms with Gasteiger partial charge in [0.05, 0.1) is 24.1 Å². The fraction of sp³-hybridized carbons (Fsp3) is 0.176. The maximum absolute atomic E-state index is 12.5. The quantitative estimate of drug-likeness (QED) is 0.786. The average Bonchev–Trinajstić information content (AvgIpc) is 3.06. The van der Waals surface area contributed by atoms with Crippen LogP contribution in [0.5, 0.6) is 0 Å². The van der Waals surface area contributed by atoms with Crippen LogP contribution in [-0.2, 0) is 13.0 Å². The van der Waals surface area contributed by atoms with Crippen molar-refractivity contribution < 1.29 is 4.79 Å². The van der Waals surface area contributed by atoms with Gasteiger partial charge in [-0.15, -0.1) is 0 Å². The van der Waals surface area contributed by atoms with Crippen LogP contribution >= 0.6 is 0 Å². The molecule has 0 spiro atoms. The van der Waals surface area contributed by atoms with Gasteiger partial charge in [-0.3, -0.25) is 9.78 Å². The van der Waals surface area contributed by atoms with Crippen LogP contribution in [-0.4, -0.2) is 37.3 Å². The molecule has 0 radical (unpaired) electrons. The Morgan fingerprint density at radius 3 is 2.83 bits per heavy atom. The normalized spacial score (nSPS) is 13.7. The van der Waals surface area contributed by atoms with Crippen molar-refractivity contribution in [3.05, 3.63) is 66.0 Å². The Morgan fingerprint density at radius 2 is 2.04 bits per heavy atom. The Kier molecular flexibility index (Phi) is 3.34. The van der Waals surface area contributed by atoms with Crippen LogP contribution in [0.15, 0.2) is 48.9 Å². The van der Waals surface area contributed by atoms with Gasteiger partial charge in [0.25, 0.3) is 5.91 Å². The first-order chi connectivity index (χ1) is 11.3. The van der Waals surface area contributed by atoms with E-state index in [-0.39, 0.29) is 5.91 Å². The summed E-state index contributed by atoms with van der Waals surface area (Å²) in [5, 5.41) is 0. The van der Waals surface area contributed by atoms with Crippen LogP contribution in [0.25, 0.3) is 11.4 Å². The lowest BCUT2D eigenvalue weighted by atomic mass is 10.1. The van der Waals surface area contributed by atoms with Crippen molar-refractivity contribution in [2.75, 3.05) is 6.54 Å². The van der Waals surface area contributed by atoms with Gasteiger partial charge in [-0.05, 0) is 0 Å². The molecule has 6 nitrogen and oxygen atoms in total. The molecule has 4 rings (SSSR count). The number of carbonyl (C=O) groups is 1. The summed E-state index contributed by atoms with van der Waals surface area (Å²) in [5.74, 6) is 0.754. The molecule has 23 heavy (non-hydrogen) atoms. The van der Waals surface area contributed by atoms with Gasteiger partial charge in [0.15, 0.2) is 0 Å². The van der Waals surface area contributed by atoms with Gasteiger partial charge >= 0.3 is 0 Å². The lowest BCUT2D eigenvalue weighted by Crippen LogP contribution is -2.36. The molecule has 1 aromatic carbocycles. The van der Waals surface area contributed by atoms with E-state index in [1.807, 2.05) is 30.3 Å². The third-order valence-electron chi connectivity index (χ3n) is 3.95. The molecular formula is C17H15N5O. The Hall–Kier alpha value is -3.02. The number of hydrogen-bond donors (Lipinski definition) is 1. The number of carbonyl (C=O) groups excluding carboxylic acids is 1. The van der Waals surface area contributed by atoms with Crippen molar-refractivity contribution >= 4 is 5.91 Å². The average molecular weight is 305 g/mol. The summed E-state index contributed by atoms with van der Waals surface area (Å²) in [6.07, 6.45) is 5.34. The van der Waals surface area contributed by atoms with Crippen LogP contribution in [0.2, 0.25) is 0 Å². The van der Waals surface area contributed by atoms with E-state index in [4.69, 9.17) is 0 Å². The van der Waals surface area contributed by atoms with Crippen molar-refractivity contribution in [1.29, 1.82) is 0 Å². The Morgan fingerprint density at radius 1 is 1.17 bits per heavy atom. The number of H-pyrrole nitrogens is 1. The van der Waals surface area contributed by atoms with E-state index in [1.54, 1.807) is 11.1 Å². The van der Waals surface area contributed by atoms with E-state index in [9.17, 15) is 4.79 Å². The molecular weight excluding hydrogens is 290 g/mol. The summed E-state index contributed by atoms with van der Waals surface area (Å²) >= 11 is 0. The summed E-state index contributed by atoms with van der Waals surface area (Å²) in [7, 11) is 0. The van der Waals surface area contributed by atoms with Gasteiger partial charge in [-0.25, -0.2) is 9.97 Å². The molecule has 0 unspecified atom stereocenters. The largest absolute Gasteiger partial charge is 0.340 e. The molecule has 1 aliphatic heterocycles. The molecule has 3 aromatic rings.